The van der Waals surface area contributed by atoms with Gasteiger partial charge in [0.05, 0.1) is 5.52 Å². The lowest BCUT2D eigenvalue weighted by Crippen LogP contribution is -2.31. The minimum atomic E-state index is 0.316. The highest BCUT2D eigenvalue weighted by Gasteiger charge is 2.23. The van der Waals surface area contributed by atoms with Gasteiger partial charge in [-0.2, -0.15) is 0 Å². The molecule has 1 aromatic heterocycles. The van der Waals surface area contributed by atoms with Crippen LogP contribution in [0.2, 0.25) is 0 Å². The van der Waals surface area contributed by atoms with Gasteiger partial charge in [-0.1, -0.05) is 49.9 Å². The molecule has 2 aromatic rings. The number of aliphatic imine (C=N–C) groups is 1. The minimum absolute atomic E-state index is 0.316. The zero-order valence-electron chi connectivity index (χ0n) is 11.9. The summed E-state index contributed by atoms with van der Waals surface area (Å²) in [6.45, 7) is 6.19. The molecule has 0 aliphatic carbocycles. The van der Waals surface area contributed by atoms with Gasteiger partial charge in [-0.15, -0.1) is 0 Å². The Labute approximate surface area is 123 Å². The molecule has 0 saturated carbocycles. The summed E-state index contributed by atoms with van der Waals surface area (Å²) in [5.74, 6) is 1.12. The number of hydrogen-bond donors (Lipinski definition) is 1. The highest BCUT2D eigenvalue weighted by Crippen LogP contribution is 2.27. The van der Waals surface area contributed by atoms with Crippen LogP contribution in [0, 0.1) is 5.41 Å². The Balaban J connectivity index is 1.73. The first kappa shape index (κ1) is 13.4. The molecule has 1 N–H and O–H groups in total. The highest BCUT2D eigenvalue weighted by atomic mass is 32.2. The third kappa shape index (κ3) is 2.96. The third-order valence-corrected chi connectivity index (χ3v) is 4.87. The lowest BCUT2D eigenvalue weighted by atomic mass is 9.97. The summed E-state index contributed by atoms with van der Waals surface area (Å²) in [5, 5.41) is 5.68. The Hall–Kier alpha value is -1.55. The van der Waals surface area contributed by atoms with E-state index in [2.05, 4.69) is 53.4 Å². The number of pyridine rings is 1. The molecule has 4 heteroatoms. The van der Waals surface area contributed by atoms with Gasteiger partial charge >= 0.3 is 0 Å². The van der Waals surface area contributed by atoms with Gasteiger partial charge in [0.2, 0.25) is 0 Å². The maximum Gasteiger partial charge on any atom is 0.156 e. The Morgan fingerprint density at radius 1 is 1.25 bits per heavy atom. The van der Waals surface area contributed by atoms with Gasteiger partial charge in [0.25, 0.3) is 0 Å². The zero-order valence-corrected chi connectivity index (χ0v) is 12.7. The van der Waals surface area contributed by atoms with Crippen molar-refractivity contribution in [3.63, 3.8) is 0 Å². The van der Waals surface area contributed by atoms with Crippen molar-refractivity contribution in [1.82, 2.24) is 10.3 Å². The van der Waals surface area contributed by atoms with Crippen LogP contribution >= 0.6 is 11.8 Å². The fourth-order valence-electron chi connectivity index (χ4n) is 2.23. The molecular formula is C16H19N3S. The summed E-state index contributed by atoms with van der Waals surface area (Å²) >= 11 is 1.81. The summed E-state index contributed by atoms with van der Waals surface area (Å²) in [6.07, 6.45) is 1.85. The SMILES string of the molecule is CC1(C)CN=C(NCc2cccc3cccnc23)SC1. The first-order valence-electron chi connectivity index (χ1n) is 6.88. The number of aromatic nitrogens is 1. The molecule has 0 atom stereocenters. The number of amidine groups is 1. The van der Waals surface area contributed by atoms with Gasteiger partial charge in [0.1, 0.15) is 0 Å². The maximum atomic E-state index is 4.63. The molecule has 0 saturated heterocycles. The van der Waals surface area contributed by atoms with E-state index in [9.17, 15) is 0 Å². The van der Waals surface area contributed by atoms with Crippen LogP contribution in [0.4, 0.5) is 0 Å². The smallest absolute Gasteiger partial charge is 0.156 e. The van der Waals surface area contributed by atoms with Crippen molar-refractivity contribution in [2.24, 2.45) is 10.4 Å². The maximum absolute atomic E-state index is 4.63. The molecular weight excluding hydrogens is 266 g/mol. The molecule has 0 amide bonds. The summed E-state index contributed by atoms with van der Waals surface area (Å²) in [7, 11) is 0. The van der Waals surface area contributed by atoms with Crippen molar-refractivity contribution < 1.29 is 0 Å². The fourth-order valence-corrected chi connectivity index (χ4v) is 3.18. The lowest BCUT2D eigenvalue weighted by Gasteiger charge is -2.27. The van der Waals surface area contributed by atoms with E-state index in [1.54, 1.807) is 0 Å². The summed E-state index contributed by atoms with van der Waals surface area (Å²) < 4.78 is 0. The van der Waals surface area contributed by atoms with Gasteiger partial charge in [0.15, 0.2) is 5.17 Å². The normalized spacial score (nSPS) is 17.8. The van der Waals surface area contributed by atoms with Crippen LogP contribution in [0.1, 0.15) is 19.4 Å². The second kappa shape index (κ2) is 5.44. The summed E-state index contributed by atoms with van der Waals surface area (Å²) in [4.78, 5) is 9.11. The molecule has 0 radical (unpaired) electrons. The summed E-state index contributed by atoms with van der Waals surface area (Å²) in [6, 6.07) is 10.4. The Kier molecular flexibility index (Phi) is 3.66. The number of benzene rings is 1. The predicted octanol–water partition coefficient (Wildman–Crippen LogP) is 3.45. The topological polar surface area (TPSA) is 37.3 Å². The molecule has 1 aliphatic heterocycles. The van der Waals surface area contributed by atoms with Gasteiger partial charge < -0.3 is 5.32 Å². The first-order valence-corrected chi connectivity index (χ1v) is 7.86. The zero-order chi connectivity index (χ0) is 14.0. The quantitative estimate of drug-likeness (QED) is 0.918. The monoisotopic (exact) mass is 285 g/mol. The van der Waals surface area contributed by atoms with E-state index < -0.39 is 0 Å². The van der Waals surface area contributed by atoms with Crippen molar-refractivity contribution in [1.29, 1.82) is 0 Å². The van der Waals surface area contributed by atoms with Crippen LogP contribution in [0.3, 0.4) is 0 Å². The average Bonchev–Trinajstić information content (AvgIpc) is 2.46. The van der Waals surface area contributed by atoms with Crippen molar-refractivity contribution >= 4 is 27.8 Å². The number of nitrogens with zero attached hydrogens (tertiary/aromatic N) is 2. The molecule has 3 rings (SSSR count). The van der Waals surface area contributed by atoms with E-state index in [0.717, 1.165) is 29.5 Å². The average molecular weight is 285 g/mol. The Morgan fingerprint density at radius 3 is 2.90 bits per heavy atom. The van der Waals surface area contributed by atoms with Crippen molar-refractivity contribution in [2.45, 2.75) is 20.4 Å². The number of nitrogens with one attached hydrogen (secondary N) is 1. The van der Waals surface area contributed by atoms with Crippen LogP contribution < -0.4 is 5.32 Å². The third-order valence-electron chi connectivity index (χ3n) is 3.40. The van der Waals surface area contributed by atoms with E-state index >= 15 is 0 Å². The van der Waals surface area contributed by atoms with Gasteiger partial charge in [-0.05, 0) is 17.0 Å². The number of fused-ring (bicyclic) bond motifs is 1. The molecule has 0 unspecified atom stereocenters. The molecule has 0 spiro atoms. The number of thioether (sulfide) groups is 1. The van der Waals surface area contributed by atoms with Crippen LogP contribution in [-0.2, 0) is 6.54 Å². The summed E-state index contributed by atoms with van der Waals surface area (Å²) in [5.41, 5.74) is 2.61. The molecule has 1 aromatic carbocycles. The molecule has 0 fully saturated rings. The molecule has 20 heavy (non-hydrogen) atoms. The highest BCUT2D eigenvalue weighted by molar-refractivity contribution is 8.13. The molecule has 3 nitrogen and oxygen atoms in total. The van der Waals surface area contributed by atoms with E-state index in [0.29, 0.717) is 5.41 Å². The Morgan fingerprint density at radius 2 is 2.10 bits per heavy atom. The van der Waals surface area contributed by atoms with Crippen LogP contribution in [0.15, 0.2) is 41.5 Å². The van der Waals surface area contributed by atoms with Gasteiger partial charge in [-0.3, -0.25) is 9.98 Å². The van der Waals surface area contributed by atoms with Gasteiger partial charge in [0, 0.05) is 30.4 Å². The number of hydrogen-bond acceptors (Lipinski definition) is 4. The van der Waals surface area contributed by atoms with E-state index in [-0.39, 0.29) is 0 Å². The predicted molar refractivity (Wildman–Crippen MR) is 87.1 cm³/mol. The molecule has 1 aliphatic rings. The van der Waals surface area contributed by atoms with E-state index in [1.807, 2.05) is 24.0 Å². The minimum Gasteiger partial charge on any atom is -0.361 e. The Bertz CT molecular complexity index is 644. The van der Waals surface area contributed by atoms with Crippen molar-refractivity contribution in [3.8, 4) is 0 Å². The fraction of sp³-hybridized carbons (Fsp3) is 0.375. The molecule has 2 heterocycles. The second-order valence-corrected chi connectivity index (χ2v) is 6.88. The van der Waals surface area contributed by atoms with Crippen molar-refractivity contribution in [3.05, 3.63) is 42.1 Å². The first-order chi connectivity index (χ1) is 9.64. The molecule has 0 bridgehead atoms. The number of para-hydroxylation sites is 1. The second-order valence-electron chi connectivity index (χ2n) is 5.92. The standard InChI is InChI=1S/C16H19N3S/c1-16(2)10-19-15(20-11-16)18-9-13-6-3-5-12-7-4-8-17-14(12)13/h3-8H,9-11H2,1-2H3,(H,18,19). The van der Waals surface area contributed by atoms with E-state index in [4.69, 9.17) is 0 Å². The van der Waals surface area contributed by atoms with Crippen LogP contribution in [0.25, 0.3) is 10.9 Å². The van der Waals surface area contributed by atoms with Crippen LogP contribution in [-0.4, -0.2) is 22.4 Å². The molecule has 104 valence electrons. The largest absolute Gasteiger partial charge is 0.361 e. The van der Waals surface area contributed by atoms with E-state index in [1.165, 1.54) is 10.9 Å². The van der Waals surface area contributed by atoms with Crippen molar-refractivity contribution in [2.75, 3.05) is 12.3 Å². The number of rotatable bonds is 2. The van der Waals surface area contributed by atoms with Crippen LogP contribution in [0.5, 0.6) is 0 Å². The lowest BCUT2D eigenvalue weighted by molar-refractivity contribution is 0.436. The van der Waals surface area contributed by atoms with Gasteiger partial charge in [-0.25, -0.2) is 0 Å².